The Morgan fingerprint density at radius 3 is 2.89 bits per heavy atom. The van der Waals surface area contributed by atoms with Crippen LogP contribution in [0.3, 0.4) is 0 Å². The fourth-order valence-electron chi connectivity index (χ4n) is 8.10. The fraction of sp³-hybridized carbons (Fsp3) is 0.438. The van der Waals surface area contributed by atoms with Gasteiger partial charge in [-0.05, 0) is 43.4 Å². The van der Waals surface area contributed by atoms with Crippen LogP contribution in [0.1, 0.15) is 31.7 Å². The van der Waals surface area contributed by atoms with Gasteiger partial charge in [0.25, 0.3) is 0 Å². The zero-order valence-electron chi connectivity index (χ0n) is 25.1. The molecule has 6 heterocycles. The molecule has 4 aromatic rings. The zero-order chi connectivity index (χ0) is 32.1. The number of ether oxygens (including phenoxy) is 2. The van der Waals surface area contributed by atoms with E-state index in [4.69, 9.17) is 31.8 Å². The molecule has 8 rings (SSSR count). The molecule has 4 atom stereocenters. The van der Waals surface area contributed by atoms with E-state index in [1.54, 1.807) is 4.90 Å². The third-order valence-corrected chi connectivity index (χ3v) is 11.5. The van der Waals surface area contributed by atoms with Gasteiger partial charge in [-0.25, -0.2) is 8.78 Å². The maximum absolute atomic E-state index is 17.1. The van der Waals surface area contributed by atoms with Gasteiger partial charge in [-0.3, -0.25) is 9.69 Å². The summed E-state index contributed by atoms with van der Waals surface area (Å²) in [5, 5.41) is 10.4. The molecular formula is C32H30ClF2N7O3S. The lowest BCUT2D eigenvalue weighted by molar-refractivity contribution is -0.117. The summed E-state index contributed by atoms with van der Waals surface area (Å²) in [7, 11) is 1.82. The SMILES string of the molecule is C[C@H]1CN2CCC[C@@]2(COc2nc3c4c(c(Cl)c(-c5ccc(F)c6sc(N)c(C#N)c56)c(F)c4n2)OC2CN(C=O)CC2N3C)C1. The number of halogens is 3. The summed E-state index contributed by atoms with van der Waals surface area (Å²) in [5.74, 6) is -0.324. The zero-order valence-corrected chi connectivity index (χ0v) is 26.7. The van der Waals surface area contributed by atoms with Crippen molar-refractivity contribution in [2.24, 2.45) is 5.92 Å². The van der Waals surface area contributed by atoms with E-state index >= 15 is 4.39 Å². The van der Waals surface area contributed by atoms with Gasteiger partial charge in [0.15, 0.2) is 11.6 Å². The molecule has 0 saturated carbocycles. The van der Waals surface area contributed by atoms with Crippen LogP contribution in [-0.4, -0.2) is 83.7 Å². The maximum atomic E-state index is 17.1. The molecular weight excluding hydrogens is 636 g/mol. The number of likely N-dealkylation sites (tertiary alicyclic amines) is 1. The first-order valence-electron chi connectivity index (χ1n) is 15.2. The molecule has 10 nitrogen and oxygen atoms in total. The Balaban J connectivity index is 1.35. The van der Waals surface area contributed by atoms with E-state index in [1.807, 2.05) is 18.0 Å². The summed E-state index contributed by atoms with van der Waals surface area (Å²) in [6, 6.07) is 4.32. The summed E-state index contributed by atoms with van der Waals surface area (Å²) >= 11 is 7.97. The average molecular weight is 666 g/mol. The van der Waals surface area contributed by atoms with E-state index in [0.717, 1.165) is 50.1 Å². The number of nitrogen functional groups attached to an aromatic ring is 1. The van der Waals surface area contributed by atoms with Crippen molar-refractivity contribution in [1.29, 1.82) is 5.26 Å². The molecule has 0 bridgehead atoms. The summed E-state index contributed by atoms with van der Waals surface area (Å²) in [6.07, 6.45) is 3.33. The van der Waals surface area contributed by atoms with Gasteiger partial charge in [0, 0.05) is 31.1 Å². The van der Waals surface area contributed by atoms with Gasteiger partial charge >= 0.3 is 6.01 Å². The second kappa shape index (κ2) is 10.5. The van der Waals surface area contributed by atoms with E-state index < -0.39 is 17.7 Å². The highest BCUT2D eigenvalue weighted by Gasteiger charge is 2.48. The highest BCUT2D eigenvalue weighted by Crippen LogP contribution is 2.52. The van der Waals surface area contributed by atoms with Crippen molar-refractivity contribution in [3.8, 4) is 29.0 Å². The van der Waals surface area contributed by atoms with Gasteiger partial charge in [-0.1, -0.05) is 24.6 Å². The highest BCUT2D eigenvalue weighted by atomic mass is 35.5. The summed E-state index contributed by atoms with van der Waals surface area (Å²) in [6.45, 7) is 5.27. The Morgan fingerprint density at radius 1 is 1.28 bits per heavy atom. The third kappa shape index (κ3) is 4.16. The van der Waals surface area contributed by atoms with Gasteiger partial charge < -0.3 is 25.0 Å². The van der Waals surface area contributed by atoms with Crippen LogP contribution in [0.4, 0.5) is 19.6 Å². The number of likely N-dealkylation sites (N-methyl/N-ethyl adjacent to an activating group) is 1. The number of nitrogens with zero attached hydrogens (tertiary/aromatic N) is 6. The van der Waals surface area contributed by atoms with Gasteiger partial charge in [-0.2, -0.15) is 15.2 Å². The van der Waals surface area contributed by atoms with Crippen LogP contribution in [0.25, 0.3) is 32.1 Å². The minimum absolute atomic E-state index is 0.0127. The van der Waals surface area contributed by atoms with Crippen molar-refractivity contribution < 1.29 is 23.0 Å². The van der Waals surface area contributed by atoms with Crippen LogP contribution in [0, 0.1) is 28.9 Å². The minimum Gasteiger partial charge on any atom is -0.484 e. The van der Waals surface area contributed by atoms with Crippen LogP contribution >= 0.6 is 22.9 Å². The molecule has 2 aromatic carbocycles. The minimum atomic E-state index is -0.785. The van der Waals surface area contributed by atoms with Crippen LogP contribution in [0.15, 0.2) is 12.1 Å². The Morgan fingerprint density at radius 2 is 2.11 bits per heavy atom. The number of anilines is 2. The molecule has 14 heteroatoms. The van der Waals surface area contributed by atoms with Gasteiger partial charge in [0.05, 0.1) is 38.8 Å². The lowest BCUT2D eigenvalue weighted by Crippen LogP contribution is -2.44. The number of carbonyl (C=O) groups is 1. The fourth-order valence-corrected chi connectivity index (χ4v) is 9.37. The van der Waals surface area contributed by atoms with E-state index in [-0.39, 0.29) is 77.6 Å². The second-order valence-electron chi connectivity index (χ2n) is 12.9. The number of nitrogens with two attached hydrogens (primary N) is 1. The van der Waals surface area contributed by atoms with Crippen molar-refractivity contribution >= 4 is 61.2 Å². The number of amides is 1. The smallest absolute Gasteiger partial charge is 0.319 e. The molecule has 3 fully saturated rings. The van der Waals surface area contributed by atoms with Crippen LogP contribution in [0.5, 0.6) is 11.8 Å². The maximum Gasteiger partial charge on any atom is 0.319 e. The van der Waals surface area contributed by atoms with Crippen molar-refractivity contribution in [1.82, 2.24) is 19.8 Å². The van der Waals surface area contributed by atoms with Gasteiger partial charge in [0.1, 0.15) is 40.9 Å². The molecule has 2 unspecified atom stereocenters. The first-order valence-corrected chi connectivity index (χ1v) is 16.4. The topological polar surface area (TPSA) is 121 Å². The quantitative estimate of drug-likeness (QED) is 0.287. The molecule has 0 spiro atoms. The van der Waals surface area contributed by atoms with Crippen LogP contribution < -0.4 is 20.1 Å². The van der Waals surface area contributed by atoms with Crippen molar-refractivity contribution in [2.75, 3.05) is 50.5 Å². The number of aromatic nitrogens is 2. The van der Waals surface area contributed by atoms with E-state index in [2.05, 4.69) is 16.8 Å². The summed E-state index contributed by atoms with van der Waals surface area (Å²) in [4.78, 5) is 27.2. The number of benzene rings is 2. The lowest BCUT2D eigenvalue weighted by atomic mass is 9.92. The Bertz CT molecular complexity index is 2000. The number of nitriles is 1. The third-order valence-electron chi connectivity index (χ3n) is 10.1. The number of hydrogen-bond donors (Lipinski definition) is 1. The molecule has 46 heavy (non-hydrogen) atoms. The number of hydrogen-bond acceptors (Lipinski definition) is 10. The number of fused-ring (bicyclic) bond motifs is 3. The predicted molar refractivity (Wildman–Crippen MR) is 171 cm³/mol. The summed E-state index contributed by atoms with van der Waals surface area (Å²) < 4.78 is 45.1. The molecule has 2 N–H and O–H groups in total. The molecule has 4 aliphatic rings. The molecule has 0 radical (unpaired) electrons. The van der Waals surface area contributed by atoms with Crippen molar-refractivity contribution in [3.05, 3.63) is 34.4 Å². The Kier molecular flexibility index (Phi) is 6.72. The summed E-state index contributed by atoms with van der Waals surface area (Å²) in [5.41, 5.74) is 6.02. The van der Waals surface area contributed by atoms with Crippen molar-refractivity contribution in [2.45, 2.75) is 43.9 Å². The first-order chi connectivity index (χ1) is 22.1. The molecule has 1 amide bonds. The Hall–Kier alpha value is -3.99. The largest absolute Gasteiger partial charge is 0.484 e. The molecule has 238 valence electrons. The highest BCUT2D eigenvalue weighted by molar-refractivity contribution is 7.23. The van der Waals surface area contributed by atoms with E-state index in [9.17, 15) is 14.4 Å². The van der Waals surface area contributed by atoms with E-state index in [0.29, 0.717) is 24.9 Å². The number of rotatable bonds is 5. The second-order valence-corrected chi connectivity index (χ2v) is 14.3. The average Bonchev–Trinajstić information content (AvgIpc) is 3.77. The molecule has 3 saturated heterocycles. The van der Waals surface area contributed by atoms with Crippen LogP contribution in [0.2, 0.25) is 5.02 Å². The molecule has 2 aromatic heterocycles. The normalized spacial score (nSPS) is 25.4. The Labute approximate surface area is 272 Å². The molecule has 4 aliphatic heterocycles. The lowest BCUT2D eigenvalue weighted by Gasteiger charge is -2.31. The van der Waals surface area contributed by atoms with Crippen molar-refractivity contribution in [3.63, 3.8) is 0 Å². The van der Waals surface area contributed by atoms with Gasteiger partial charge in [-0.15, -0.1) is 11.3 Å². The number of carbonyl (C=O) groups excluding carboxylic acids is 1. The monoisotopic (exact) mass is 665 g/mol. The number of thiophene rings is 1. The van der Waals surface area contributed by atoms with Crippen LogP contribution in [-0.2, 0) is 4.79 Å². The van der Waals surface area contributed by atoms with E-state index in [1.165, 1.54) is 12.1 Å². The predicted octanol–water partition coefficient (Wildman–Crippen LogP) is 5.19. The first kappa shape index (κ1) is 29.4. The molecule has 0 aliphatic carbocycles. The standard InChI is InChI=1S/C32H30ClF2N7O3S/c1-15-8-32(6-3-7-42(32)10-15)13-44-31-38-26-23-27(45-20-12-41(14-43)11-19(20)40(2)30(23)39-31)24(33)22(25(26)35)16-4-5-18(34)28-21(16)17(9-36)29(37)46-28/h4-5,14-15,19-20H,3,6-8,10-13,37H2,1-2H3/t15-,19?,20?,32+/m1/s1. The van der Waals surface area contributed by atoms with Gasteiger partial charge in [0.2, 0.25) is 6.41 Å².